The van der Waals surface area contributed by atoms with Crippen molar-refractivity contribution in [1.29, 1.82) is 0 Å². The second-order valence-electron chi connectivity index (χ2n) is 4.34. The van der Waals surface area contributed by atoms with Gasteiger partial charge >= 0.3 is 0 Å². The van der Waals surface area contributed by atoms with E-state index in [1.54, 1.807) is 14.2 Å². The van der Waals surface area contributed by atoms with Crippen molar-refractivity contribution in [1.82, 2.24) is 4.98 Å². The third kappa shape index (κ3) is 2.99. The number of benzene rings is 1. The minimum atomic E-state index is 0.742. The van der Waals surface area contributed by atoms with E-state index in [-0.39, 0.29) is 0 Å². The van der Waals surface area contributed by atoms with Crippen molar-refractivity contribution in [3.63, 3.8) is 0 Å². The first-order valence-corrected chi connectivity index (χ1v) is 6.62. The van der Waals surface area contributed by atoms with Crippen LogP contribution < -0.4 is 9.47 Å². The van der Waals surface area contributed by atoms with Crippen LogP contribution in [0.1, 0.15) is 24.5 Å². The van der Waals surface area contributed by atoms with Gasteiger partial charge in [-0.2, -0.15) is 0 Å². The molecular weight excluding hydrogens is 250 g/mol. The molecule has 0 atom stereocenters. The van der Waals surface area contributed by atoms with E-state index in [9.17, 15) is 0 Å². The van der Waals surface area contributed by atoms with Gasteiger partial charge in [0.15, 0.2) is 11.5 Å². The van der Waals surface area contributed by atoms with Crippen molar-refractivity contribution in [2.45, 2.75) is 13.3 Å². The molecule has 0 aliphatic heterocycles. The van der Waals surface area contributed by atoms with E-state index in [1.165, 1.54) is 11.1 Å². The molecule has 0 bridgehead atoms. The van der Waals surface area contributed by atoms with E-state index < -0.39 is 0 Å². The number of methoxy groups -OCH3 is 2. The number of nitrogens with zero attached hydrogens (tertiary/aromatic N) is 1. The topological polar surface area (TPSA) is 31.4 Å². The van der Waals surface area contributed by atoms with Gasteiger partial charge in [-0.15, -0.1) is 0 Å². The van der Waals surface area contributed by atoms with E-state index in [0.29, 0.717) is 0 Å². The molecule has 0 N–H and O–H groups in total. The molecular formula is C17H19NO2. The second-order valence-corrected chi connectivity index (χ2v) is 4.34. The Bertz CT molecular complexity index is 591. The van der Waals surface area contributed by atoms with Crippen molar-refractivity contribution < 1.29 is 9.47 Å². The molecule has 3 heteroatoms. The maximum absolute atomic E-state index is 5.47. The summed E-state index contributed by atoms with van der Waals surface area (Å²) in [7, 11) is 3.31. The van der Waals surface area contributed by atoms with Crippen LogP contribution in [0.15, 0.2) is 42.7 Å². The van der Waals surface area contributed by atoms with Crippen LogP contribution in [0.3, 0.4) is 0 Å². The summed E-state index contributed by atoms with van der Waals surface area (Å²) in [6.45, 7) is 2.14. The SMILES string of the molecule is CC/C(=C/c1cccc(OC)c1OC)c1ccncc1. The van der Waals surface area contributed by atoms with Crippen LogP contribution in [0, 0.1) is 0 Å². The van der Waals surface area contributed by atoms with Crippen molar-refractivity contribution in [2.75, 3.05) is 14.2 Å². The fourth-order valence-electron chi connectivity index (χ4n) is 2.17. The molecule has 1 aromatic heterocycles. The molecule has 0 radical (unpaired) electrons. The Labute approximate surface area is 119 Å². The summed E-state index contributed by atoms with van der Waals surface area (Å²) in [5.41, 5.74) is 3.42. The summed E-state index contributed by atoms with van der Waals surface area (Å²) in [5.74, 6) is 1.50. The Hall–Kier alpha value is -2.29. The van der Waals surface area contributed by atoms with E-state index >= 15 is 0 Å². The largest absolute Gasteiger partial charge is 0.493 e. The van der Waals surface area contributed by atoms with Crippen molar-refractivity contribution in [3.8, 4) is 11.5 Å². The average Bonchev–Trinajstić information content (AvgIpc) is 2.52. The number of rotatable bonds is 5. The fourth-order valence-corrected chi connectivity index (χ4v) is 2.17. The molecule has 0 saturated carbocycles. The standard InChI is InChI=1S/C17H19NO2/c1-4-13(14-8-10-18-11-9-14)12-15-6-5-7-16(19-2)17(15)20-3/h5-12H,4H2,1-3H3/b13-12-. The minimum absolute atomic E-state index is 0.742. The van der Waals surface area contributed by atoms with Crippen molar-refractivity contribution >= 4 is 11.6 Å². The quantitative estimate of drug-likeness (QED) is 0.820. The molecule has 2 aromatic rings. The van der Waals surface area contributed by atoms with Gasteiger partial charge in [0, 0.05) is 18.0 Å². The van der Waals surface area contributed by atoms with Crippen LogP contribution in [-0.2, 0) is 0 Å². The van der Waals surface area contributed by atoms with Crippen molar-refractivity contribution in [2.24, 2.45) is 0 Å². The Kier molecular flexibility index (Phi) is 4.77. The van der Waals surface area contributed by atoms with Crippen LogP contribution in [-0.4, -0.2) is 19.2 Å². The highest BCUT2D eigenvalue weighted by Gasteiger charge is 2.08. The van der Waals surface area contributed by atoms with Gasteiger partial charge in [-0.25, -0.2) is 0 Å². The minimum Gasteiger partial charge on any atom is -0.493 e. The number of allylic oxidation sites excluding steroid dienone is 1. The summed E-state index contributed by atoms with van der Waals surface area (Å²) < 4.78 is 10.8. The third-order valence-electron chi connectivity index (χ3n) is 3.20. The molecule has 0 aliphatic rings. The van der Waals surface area contributed by atoms with E-state index in [2.05, 4.69) is 18.0 Å². The van der Waals surface area contributed by atoms with Crippen LogP contribution in [0.2, 0.25) is 0 Å². The van der Waals surface area contributed by atoms with Gasteiger partial charge in [0.25, 0.3) is 0 Å². The predicted molar refractivity (Wildman–Crippen MR) is 81.9 cm³/mol. The first kappa shape index (κ1) is 14.1. The highest BCUT2D eigenvalue weighted by atomic mass is 16.5. The number of para-hydroxylation sites is 1. The van der Waals surface area contributed by atoms with Crippen LogP contribution in [0.5, 0.6) is 11.5 Å². The van der Waals surface area contributed by atoms with Gasteiger partial charge in [-0.3, -0.25) is 4.98 Å². The molecule has 2 rings (SSSR count). The zero-order valence-electron chi connectivity index (χ0n) is 12.1. The molecule has 104 valence electrons. The molecule has 0 unspecified atom stereocenters. The number of hydrogen-bond donors (Lipinski definition) is 0. The summed E-state index contributed by atoms with van der Waals surface area (Å²) in [6, 6.07) is 9.92. The molecule has 0 spiro atoms. The first-order valence-electron chi connectivity index (χ1n) is 6.62. The monoisotopic (exact) mass is 269 g/mol. The van der Waals surface area contributed by atoms with Gasteiger partial charge in [0.2, 0.25) is 0 Å². The van der Waals surface area contributed by atoms with Gasteiger partial charge in [-0.1, -0.05) is 19.1 Å². The highest BCUT2D eigenvalue weighted by Crippen LogP contribution is 2.33. The van der Waals surface area contributed by atoms with Crippen LogP contribution in [0.25, 0.3) is 11.6 Å². The third-order valence-corrected chi connectivity index (χ3v) is 3.20. The van der Waals surface area contributed by atoms with Crippen LogP contribution in [0.4, 0.5) is 0 Å². The van der Waals surface area contributed by atoms with E-state index in [1.807, 2.05) is 42.7 Å². The number of pyridine rings is 1. The maximum Gasteiger partial charge on any atom is 0.167 e. The molecule has 3 nitrogen and oxygen atoms in total. The molecule has 20 heavy (non-hydrogen) atoms. The average molecular weight is 269 g/mol. The van der Waals surface area contributed by atoms with E-state index in [0.717, 1.165) is 23.5 Å². The second kappa shape index (κ2) is 6.75. The predicted octanol–water partition coefficient (Wildman–Crippen LogP) is 4.05. The molecule has 1 heterocycles. The Morgan fingerprint density at radius 2 is 1.85 bits per heavy atom. The lowest BCUT2D eigenvalue weighted by Gasteiger charge is -2.12. The molecule has 0 amide bonds. The van der Waals surface area contributed by atoms with Gasteiger partial charge in [0.1, 0.15) is 0 Å². The fraction of sp³-hybridized carbons (Fsp3) is 0.235. The van der Waals surface area contributed by atoms with Crippen molar-refractivity contribution in [3.05, 3.63) is 53.9 Å². The summed E-state index contributed by atoms with van der Waals surface area (Å²) in [6.07, 6.45) is 6.68. The van der Waals surface area contributed by atoms with Gasteiger partial charge in [0.05, 0.1) is 14.2 Å². The number of aromatic nitrogens is 1. The molecule has 1 aromatic carbocycles. The summed E-state index contributed by atoms with van der Waals surface area (Å²) >= 11 is 0. The molecule has 0 aliphatic carbocycles. The summed E-state index contributed by atoms with van der Waals surface area (Å²) in [5, 5.41) is 0. The molecule has 0 saturated heterocycles. The Balaban J connectivity index is 2.48. The zero-order valence-corrected chi connectivity index (χ0v) is 12.1. The lowest BCUT2D eigenvalue weighted by Crippen LogP contribution is -1.93. The Morgan fingerprint density at radius 1 is 1.10 bits per heavy atom. The smallest absolute Gasteiger partial charge is 0.167 e. The number of ether oxygens (including phenoxy) is 2. The Morgan fingerprint density at radius 3 is 2.45 bits per heavy atom. The molecule has 0 fully saturated rings. The van der Waals surface area contributed by atoms with Gasteiger partial charge < -0.3 is 9.47 Å². The number of hydrogen-bond acceptors (Lipinski definition) is 3. The normalized spacial score (nSPS) is 11.2. The lowest BCUT2D eigenvalue weighted by molar-refractivity contribution is 0.354. The van der Waals surface area contributed by atoms with Gasteiger partial charge in [-0.05, 0) is 41.8 Å². The maximum atomic E-state index is 5.47. The zero-order chi connectivity index (χ0) is 14.4. The highest BCUT2D eigenvalue weighted by molar-refractivity contribution is 5.83. The van der Waals surface area contributed by atoms with Crippen LogP contribution >= 0.6 is 0 Å². The van der Waals surface area contributed by atoms with E-state index in [4.69, 9.17) is 9.47 Å². The lowest BCUT2D eigenvalue weighted by atomic mass is 10.0. The first-order chi connectivity index (χ1) is 9.80. The summed E-state index contributed by atoms with van der Waals surface area (Å²) in [4.78, 5) is 4.06.